The van der Waals surface area contributed by atoms with Gasteiger partial charge in [0.25, 0.3) is 0 Å². The van der Waals surface area contributed by atoms with Crippen LogP contribution in [0.2, 0.25) is 0 Å². The van der Waals surface area contributed by atoms with Crippen molar-refractivity contribution in [3.8, 4) is 0 Å². The molecule has 0 aliphatic carbocycles. The molecule has 5 heteroatoms. The third-order valence-electron chi connectivity index (χ3n) is 2.67. The van der Waals surface area contributed by atoms with Crippen LogP contribution in [0.3, 0.4) is 0 Å². The minimum absolute atomic E-state index is 0.411. The van der Waals surface area contributed by atoms with E-state index in [0.717, 1.165) is 44.7 Å². The van der Waals surface area contributed by atoms with Gasteiger partial charge in [-0.25, -0.2) is 0 Å². The number of nitrogens with two attached hydrogens (primary N) is 1. The summed E-state index contributed by atoms with van der Waals surface area (Å²) in [5.74, 6) is 1.96. The fraction of sp³-hybridized carbons (Fsp3) is 0.800. The molecule has 1 aliphatic rings. The fourth-order valence-electron chi connectivity index (χ4n) is 1.74. The van der Waals surface area contributed by atoms with E-state index in [4.69, 9.17) is 15.0 Å². The maximum Gasteiger partial charge on any atom is 0.226 e. The van der Waals surface area contributed by atoms with Gasteiger partial charge in [-0.15, -0.1) is 0 Å². The Kier molecular flexibility index (Phi) is 3.69. The average molecular weight is 211 g/mol. The van der Waals surface area contributed by atoms with Crippen LogP contribution in [-0.4, -0.2) is 29.9 Å². The lowest BCUT2D eigenvalue weighted by Crippen LogP contribution is -2.15. The second kappa shape index (κ2) is 5.23. The Balaban J connectivity index is 1.93. The maximum atomic E-state index is 5.42. The van der Waals surface area contributed by atoms with Crippen LogP contribution >= 0.6 is 0 Å². The van der Waals surface area contributed by atoms with Crippen LogP contribution in [0.4, 0.5) is 0 Å². The molecule has 0 bridgehead atoms. The van der Waals surface area contributed by atoms with Crippen molar-refractivity contribution in [1.29, 1.82) is 0 Å². The minimum Gasteiger partial charge on any atom is -0.381 e. The maximum absolute atomic E-state index is 5.42. The van der Waals surface area contributed by atoms with Crippen molar-refractivity contribution in [1.82, 2.24) is 10.1 Å². The molecule has 2 N–H and O–H groups in total. The number of aryl methyl sites for hydroxylation is 1. The molecule has 0 amide bonds. The van der Waals surface area contributed by atoms with Crippen molar-refractivity contribution in [3.05, 3.63) is 11.7 Å². The molecular formula is C10H17N3O2. The molecule has 0 radical (unpaired) electrons. The lowest BCUT2D eigenvalue weighted by molar-refractivity contribution is 0.0830. The highest BCUT2D eigenvalue weighted by Crippen LogP contribution is 2.24. The summed E-state index contributed by atoms with van der Waals surface area (Å²) in [6.45, 7) is 2.27. The summed E-state index contributed by atoms with van der Waals surface area (Å²) >= 11 is 0. The molecule has 0 atom stereocenters. The summed E-state index contributed by atoms with van der Waals surface area (Å²) < 4.78 is 10.5. The van der Waals surface area contributed by atoms with E-state index in [9.17, 15) is 0 Å². The van der Waals surface area contributed by atoms with Gasteiger partial charge in [-0.3, -0.25) is 0 Å². The van der Waals surface area contributed by atoms with Gasteiger partial charge < -0.3 is 15.0 Å². The highest BCUT2D eigenvalue weighted by atomic mass is 16.5. The monoisotopic (exact) mass is 211 g/mol. The summed E-state index contributed by atoms with van der Waals surface area (Å²) in [5.41, 5.74) is 5.42. The predicted molar refractivity (Wildman–Crippen MR) is 54.5 cm³/mol. The summed E-state index contributed by atoms with van der Waals surface area (Å²) in [6, 6.07) is 0. The van der Waals surface area contributed by atoms with Crippen LogP contribution in [0, 0.1) is 0 Å². The lowest BCUT2D eigenvalue weighted by Gasteiger charge is -2.18. The van der Waals surface area contributed by atoms with Crippen LogP contribution in [0.1, 0.15) is 36.9 Å². The molecule has 1 saturated heterocycles. The van der Waals surface area contributed by atoms with Gasteiger partial charge in [0.1, 0.15) is 0 Å². The SMILES string of the molecule is NCCCc1nc(C2CCOCC2)no1. The normalized spacial score (nSPS) is 18.2. The molecule has 1 fully saturated rings. The molecule has 84 valence electrons. The van der Waals surface area contributed by atoms with Crippen molar-refractivity contribution in [3.63, 3.8) is 0 Å². The van der Waals surface area contributed by atoms with Crippen LogP contribution in [-0.2, 0) is 11.2 Å². The predicted octanol–water partition coefficient (Wildman–Crippen LogP) is 0.855. The minimum atomic E-state index is 0.411. The zero-order valence-electron chi connectivity index (χ0n) is 8.82. The molecule has 1 aliphatic heterocycles. The van der Waals surface area contributed by atoms with E-state index in [1.807, 2.05) is 0 Å². The second-order valence-electron chi connectivity index (χ2n) is 3.83. The highest BCUT2D eigenvalue weighted by molar-refractivity contribution is 4.96. The Morgan fingerprint density at radius 1 is 1.33 bits per heavy atom. The van der Waals surface area contributed by atoms with Gasteiger partial charge in [-0.05, 0) is 25.8 Å². The van der Waals surface area contributed by atoms with Gasteiger partial charge >= 0.3 is 0 Å². The third kappa shape index (κ3) is 2.76. The fourth-order valence-corrected chi connectivity index (χ4v) is 1.74. The zero-order valence-corrected chi connectivity index (χ0v) is 8.82. The number of nitrogens with zero attached hydrogens (tertiary/aromatic N) is 2. The Morgan fingerprint density at radius 2 is 2.13 bits per heavy atom. The van der Waals surface area contributed by atoms with Gasteiger partial charge in [0.2, 0.25) is 5.89 Å². The standard InChI is InChI=1S/C10H17N3O2/c11-5-1-2-9-12-10(13-15-9)8-3-6-14-7-4-8/h8H,1-7,11H2. The number of ether oxygens (including phenoxy) is 1. The molecule has 5 nitrogen and oxygen atoms in total. The molecule has 2 rings (SSSR count). The molecule has 2 heterocycles. The first-order valence-electron chi connectivity index (χ1n) is 5.50. The van der Waals surface area contributed by atoms with E-state index in [2.05, 4.69) is 10.1 Å². The van der Waals surface area contributed by atoms with E-state index in [0.29, 0.717) is 18.4 Å². The van der Waals surface area contributed by atoms with Crippen molar-refractivity contribution in [2.75, 3.05) is 19.8 Å². The van der Waals surface area contributed by atoms with E-state index in [1.54, 1.807) is 0 Å². The molecule has 15 heavy (non-hydrogen) atoms. The van der Waals surface area contributed by atoms with Gasteiger partial charge in [-0.2, -0.15) is 4.98 Å². The molecule has 0 spiro atoms. The highest BCUT2D eigenvalue weighted by Gasteiger charge is 2.20. The molecule has 0 saturated carbocycles. The first-order valence-corrected chi connectivity index (χ1v) is 5.50. The summed E-state index contributed by atoms with van der Waals surface area (Å²) in [5, 5.41) is 4.01. The molecule has 1 aromatic rings. The quantitative estimate of drug-likeness (QED) is 0.799. The van der Waals surface area contributed by atoms with Crippen LogP contribution < -0.4 is 5.73 Å². The molecule has 1 aromatic heterocycles. The third-order valence-corrected chi connectivity index (χ3v) is 2.67. The van der Waals surface area contributed by atoms with Crippen LogP contribution in [0.5, 0.6) is 0 Å². The van der Waals surface area contributed by atoms with E-state index >= 15 is 0 Å². The van der Waals surface area contributed by atoms with Gasteiger partial charge in [0.05, 0.1) is 0 Å². The first-order chi connectivity index (χ1) is 7.40. The van der Waals surface area contributed by atoms with E-state index in [-0.39, 0.29) is 0 Å². The van der Waals surface area contributed by atoms with Gasteiger partial charge in [0.15, 0.2) is 5.82 Å². The Bertz CT molecular complexity index is 295. The first kappa shape index (κ1) is 10.6. The zero-order chi connectivity index (χ0) is 10.5. The largest absolute Gasteiger partial charge is 0.381 e. The van der Waals surface area contributed by atoms with Crippen molar-refractivity contribution < 1.29 is 9.26 Å². The van der Waals surface area contributed by atoms with Crippen molar-refractivity contribution in [2.24, 2.45) is 5.73 Å². The Labute approximate surface area is 89.0 Å². The molecule has 0 aromatic carbocycles. The van der Waals surface area contributed by atoms with Crippen molar-refractivity contribution >= 4 is 0 Å². The number of rotatable bonds is 4. The second-order valence-corrected chi connectivity index (χ2v) is 3.83. The molecule has 0 unspecified atom stereocenters. The molecular weight excluding hydrogens is 194 g/mol. The Hall–Kier alpha value is -0.940. The number of hydrogen-bond donors (Lipinski definition) is 1. The van der Waals surface area contributed by atoms with Crippen LogP contribution in [0.15, 0.2) is 4.52 Å². The summed E-state index contributed by atoms with van der Waals surface area (Å²) in [6.07, 6.45) is 3.67. The summed E-state index contributed by atoms with van der Waals surface area (Å²) in [4.78, 5) is 4.38. The van der Waals surface area contributed by atoms with Gasteiger partial charge in [-0.1, -0.05) is 5.16 Å². The number of aromatic nitrogens is 2. The lowest BCUT2D eigenvalue weighted by atomic mass is 10.00. The van der Waals surface area contributed by atoms with Crippen LogP contribution in [0.25, 0.3) is 0 Å². The van der Waals surface area contributed by atoms with E-state index in [1.165, 1.54) is 0 Å². The van der Waals surface area contributed by atoms with Gasteiger partial charge in [0, 0.05) is 25.6 Å². The summed E-state index contributed by atoms with van der Waals surface area (Å²) in [7, 11) is 0. The number of hydrogen-bond acceptors (Lipinski definition) is 5. The topological polar surface area (TPSA) is 74.2 Å². The smallest absolute Gasteiger partial charge is 0.226 e. The van der Waals surface area contributed by atoms with E-state index < -0.39 is 0 Å². The van der Waals surface area contributed by atoms with Crippen molar-refractivity contribution in [2.45, 2.75) is 31.6 Å². The Morgan fingerprint density at radius 3 is 2.87 bits per heavy atom. The average Bonchev–Trinajstić information content (AvgIpc) is 2.76.